The van der Waals surface area contributed by atoms with Crippen molar-refractivity contribution >= 4 is 34.5 Å². The van der Waals surface area contributed by atoms with Gasteiger partial charge in [0.25, 0.3) is 0 Å². The number of ether oxygens (including phenoxy) is 1. The summed E-state index contributed by atoms with van der Waals surface area (Å²) in [5.41, 5.74) is 0.0526. The molecule has 0 unspecified atom stereocenters. The van der Waals surface area contributed by atoms with Gasteiger partial charge in [0.2, 0.25) is 11.6 Å². The third-order valence-corrected chi connectivity index (χ3v) is 4.35. The van der Waals surface area contributed by atoms with E-state index in [0.29, 0.717) is 0 Å². The first-order valence-electron chi connectivity index (χ1n) is 5.83. The van der Waals surface area contributed by atoms with Crippen molar-refractivity contribution in [2.75, 3.05) is 7.11 Å². The number of aromatic nitrogens is 1. The maximum absolute atomic E-state index is 13.9. The number of halogens is 2. The molecule has 1 aromatic heterocycles. The topological polar surface area (TPSA) is 56.3 Å². The predicted molar refractivity (Wildman–Crippen MR) is 76.3 cm³/mol. The summed E-state index contributed by atoms with van der Waals surface area (Å²) in [6.45, 7) is 0. The van der Waals surface area contributed by atoms with Crippen LogP contribution in [0, 0.1) is 5.82 Å². The van der Waals surface area contributed by atoms with Crippen LogP contribution in [-0.4, -0.2) is 23.7 Å². The molecule has 0 saturated carbocycles. The highest BCUT2D eigenvalue weighted by atomic mass is 35.5. The van der Waals surface area contributed by atoms with Gasteiger partial charge in [-0.2, -0.15) is 0 Å². The van der Waals surface area contributed by atoms with Crippen LogP contribution in [0.4, 0.5) is 4.39 Å². The molecule has 2 aromatic rings. The Balaban J connectivity index is 2.18. The summed E-state index contributed by atoms with van der Waals surface area (Å²) in [4.78, 5) is 28.3. The van der Waals surface area contributed by atoms with Crippen LogP contribution in [0.15, 0.2) is 30.0 Å². The predicted octanol–water partition coefficient (Wildman–Crippen LogP) is 3.51. The van der Waals surface area contributed by atoms with Crippen molar-refractivity contribution in [1.82, 2.24) is 4.98 Å². The largest absolute Gasteiger partial charge is 0.492 e. The minimum absolute atomic E-state index is 0.0290. The summed E-state index contributed by atoms with van der Waals surface area (Å²) in [6.07, 6.45) is 1.11. The van der Waals surface area contributed by atoms with Gasteiger partial charge in [-0.25, -0.2) is 9.37 Å². The fourth-order valence-corrected chi connectivity index (χ4v) is 3.31. The Labute approximate surface area is 127 Å². The molecule has 0 saturated heterocycles. The van der Waals surface area contributed by atoms with E-state index >= 15 is 0 Å². The zero-order valence-corrected chi connectivity index (χ0v) is 12.2. The van der Waals surface area contributed by atoms with E-state index in [9.17, 15) is 14.0 Å². The lowest BCUT2D eigenvalue weighted by Crippen LogP contribution is -2.16. The van der Waals surface area contributed by atoms with Gasteiger partial charge >= 0.3 is 0 Å². The molecule has 21 heavy (non-hydrogen) atoms. The van der Waals surface area contributed by atoms with E-state index in [2.05, 4.69) is 4.98 Å². The van der Waals surface area contributed by atoms with E-state index < -0.39 is 17.4 Å². The molecular weight excluding hydrogens is 317 g/mol. The molecule has 0 bridgehead atoms. The summed E-state index contributed by atoms with van der Waals surface area (Å²) in [6, 6.07) is 4.22. The minimum Gasteiger partial charge on any atom is -0.492 e. The van der Waals surface area contributed by atoms with E-state index in [1.54, 1.807) is 0 Å². The van der Waals surface area contributed by atoms with E-state index in [1.807, 2.05) is 0 Å². The summed E-state index contributed by atoms with van der Waals surface area (Å²) < 4.78 is 18.8. The second-order valence-electron chi connectivity index (χ2n) is 4.20. The van der Waals surface area contributed by atoms with Gasteiger partial charge in [0.1, 0.15) is 21.4 Å². The lowest BCUT2D eigenvalue weighted by atomic mass is 10.1. The SMILES string of the molecule is COC1=CC(=O)c2sc(-c3c(F)cccc3Cl)nc2C1=O. The lowest BCUT2D eigenvalue weighted by Gasteiger charge is -2.08. The molecule has 1 aromatic carbocycles. The maximum Gasteiger partial charge on any atom is 0.247 e. The number of hydrogen-bond acceptors (Lipinski definition) is 5. The van der Waals surface area contributed by atoms with Crippen LogP contribution in [-0.2, 0) is 4.74 Å². The molecule has 1 aliphatic carbocycles. The number of hydrogen-bond donors (Lipinski definition) is 0. The number of rotatable bonds is 2. The highest BCUT2D eigenvalue weighted by Gasteiger charge is 2.31. The monoisotopic (exact) mass is 323 g/mol. The maximum atomic E-state index is 13.9. The molecule has 0 aliphatic heterocycles. The number of ketones is 2. The van der Waals surface area contributed by atoms with Crippen molar-refractivity contribution in [3.63, 3.8) is 0 Å². The number of thiazole rings is 1. The number of methoxy groups -OCH3 is 1. The van der Waals surface area contributed by atoms with Crippen LogP contribution < -0.4 is 0 Å². The molecule has 106 valence electrons. The van der Waals surface area contributed by atoms with Crippen LogP contribution in [0.2, 0.25) is 5.02 Å². The third-order valence-electron chi connectivity index (χ3n) is 2.95. The van der Waals surface area contributed by atoms with Crippen molar-refractivity contribution in [1.29, 1.82) is 0 Å². The molecule has 0 atom stereocenters. The normalized spacial score (nSPS) is 14.0. The number of fused-ring (bicyclic) bond motifs is 1. The highest BCUT2D eigenvalue weighted by molar-refractivity contribution is 7.17. The fraction of sp³-hybridized carbons (Fsp3) is 0.0714. The third kappa shape index (κ3) is 2.16. The average molecular weight is 324 g/mol. The lowest BCUT2D eigenvalue weighted by molar-refractivity contribution is 0.0914. The first-order valence-corrected chi connectivity index (χ1v) is 7.02. The van der Waals surface area contributed by atoms with Gasteiger partial charge in [-0.05, 0) is 12.1 Å². The van der Waals surface area contributed by atoms with Gasteiger partial charge in [0.05, 0.1) is 17.7 Å². The fourth-order valence-electron chi connectivity index (χ4n) is 1.97. The first kappa shape index (κ1) is 13.9. The number of nitrogens with zero attached hydrogens (tertiary/aromatic N) is 1. The molecule has 0 fully saturated rings. The number of Topliss-reactive ketones (excluding diaryl/α,β-unsaturated/α-hetero) is 1. The van der Waals surface area contributed by atoms with Crippen LogP contribution in [0.25, 0.3) is 10.6 Å². The Kier molecular flexibility index (Phi) is 3.35. The summed E-state index contributed by atoms with van der Waals surface area (Å²) >= 11 is 6.91. The van der Waals surface area contributed by atoms with Crippen molar-refractivity contribution in [3.8, 4) is 10.6 Å². The number of allylic oxidation sites excluding steroid dienone is 2. The Morgan fingerprint density at radius 1 is 1.33 bits per heavy atom. The molecular formula is C14H7ClFNO3S. The first-order chi connectivity index (χ1) is 10.0. The summed E-state index contributed by atoms with van der Waals surface area (Å²) in [5, 5.41) is 0.358. The molecule has 7 heteroatoms. The Bertz CT molecular complexity index is 792. The number of carbonyl (C=O) groups excluding carboxylic acids is 2. The standard InChI is InChI=1S/C14H7ClFNO3S/c1-20-9-5-8(18)13-11(12(9)19)17-14(21-13)10-6(15)3-2-4-7(10)16/h2-5H,1H3. The van der Waals surface area contributed by atoms with Gasteiger partial charge in [-0.15, -0.1) is 11.3 Å². The zero-order chi connectivity index (χ0) is 15.1. The molecule has 4 nitrogen and oxygen atoms in total. The van der Waals surface area contributed by atoms with E-state index in [1.165, 1.54) is 25.3 Å². The van der Waals surface area contributed by atoms with Crippen molar-refractivity contribution in [3.05, 3.63) is 51.4 Å². The summed E-state index contributed by atoms with van der Waals surface area (Å²) in [7, 11) is 1.29. The molecule has 0 N–H and O–H groups in total. The molecule has 0 amide bonds. The minimum atomic E-state index is -0.562. The Hall–Kier alpha value is -2.05. The van der Waals surface area contributed by atoms with Crippen LogP contribution in [0.3, 0.4) is 0 Å². The van der Waals surface area contributed by atoms with Crippen molar-refractivity contribution in [2.24, 2.45) is 0 Å². The number of carbonyl (C=O) groups is 2. The average Bonchev–Trinajstić information content (AvgIpc) is 2.88. The van der Waals surface area contributed by atoms with E-state index in [-0.39, 0.29) is 31.9 Å². The highest BCUT2D eigenvalue weighted by Crippen LogP contribution is 2.37. The van der Waals surface area contributed by atoms with Crippen molar-refractivity contribution < 1.29 is 18.7 Å². The molecule has 1 heterocycles. The van der Waals surface area contributed by atoms with Crippen LogP contribution in [0.5, 0.6) is 0 Å². The molecule has 1 aliphatic rings. The second kappa shape index (κ2) is 5.05. The zero-order valence-electron chi connectivity index (χ0n) is 10.6. The molecule has 3 rings (SSSR count). The van der Waals surface area contributed by atoms with E-state index in [4.69, 9.17) is 16.3 Å². The van der Waals surface area contributed by atoms with Gasteiger partial charge in [-0.1, -0.05) is 17.7 Å². The van der Waals surface area contributed by atoms with E-state index in [0.717, 1.165) is 17.4 Å². The molecule has 0 spiro atoms. The number of benzene rings is 1. The van der Waals surface area contributed by atoms with Crippen molar-refractivity contribution in [2.45, 2.75) is 0 Å². The van der Waals surface area contributed by atoms with Gasteiger partial charge in [0, 0.05) is 6.08 Å². The van der Waals surface area contributed by atoms with Crippen LogP contribution in [0.1, 0.15) is 20.2 Å². The van der Waals surface area contributed by atoms with Gasteiger partial charge in [-0.3, -0.25) is 9.59 Å². The smallest absolute Gasteiger partial charge is 0.247 e. The summed E-state index contributed by atoms with van der Waals surface area (Å²) in [5.74, 6) is -1.53. The Morgan fingerprint density at radius 3 is 2.76 bits per heavy atom. The van der Waals surface area contributed by atoms with Crippen LogP contribution >= 0.6 is 22.9 Å². The quantitative estimate of drug-likeness (QED) is 0.848. The van der Waals surface area contributed by atoms with Gasteiger partial charge < -0.3 is 4.74 Å². The second-order valence-corrected chi connectivity index (χ2v) is 5.61. The molecule has 0 radical (unpaired) electrons. The van der Waals surface area contributed by atoms with Gasteiger partial charge in [0.15, 0.2) is 5.76 Å². The Morgan fingerprint density at radius 2 is 2.10 bits per heavy atom.